The minimum Gasteiger partial charge on any atom is -0.445 e. The summed E-state index contributed by atoms with van der Waals surface area (Å²) in [6.07, 6.45) is 2.35. The molecule has 1 fully saturated rings. The number of amides is 1. The molecule has 1 saturated heterocycles. The molecule has 1 unspecified atom stereocenters. The van der Waals surface area contributed by atoms with Crippen LogP contribution in [0.1, 0.15) is 96.9 Å². The zero-order chi connectivity index (χ0) is 25.9. The molecular weight excluding hydrogens is 432 g/mol. The van der Waals surface area contributed by atoms with Gasteiger partial charge in [-0.3, -0.25) is 0 Å². The highest BCUT2D eigenvalue weighted by Crippen LogP contribution is 2.40. The average molecular weight is 479 g/mol. The molecule has 0 aliphatic carbocycles. The first-order valence-electron chi connectivity index (χ1n) is 13.3. The highest BCUT2D eigenvalue weighted by Gasteiger charge is 2.43. The summed E-state index contributed by atoms with van der Waals surface area (Å²) in [5.41, 5.74) is 5.17. The molecule has 1 aliphatic rings. The summed E-state index contributed by atoms with van der Waals surface area (Å²) in [4.78, 5) is 12.3. The third-order valence-electron chi connectivity index (χ3n) is 7.56. The third kappa shape index (κ3) is 6.46. The number of ether oxygens (including phenoxy) is 1. The number of carbonyl (C=O) groups excluding carboxylic acids is 1. The maximum absolute atomic E-state index is 12.3. The van der Waals surface area contributed by atoms with E-state index in [0.717, 1.165) is 19.3 Å². The summed E-state index contributed by atoms with van der Waals surface area (Å²) >= 11 is 0. The smallest absolute Gasteiger partial charge is 0.407 e. The number of rotatable bonds is 7. The van der Waals surface area contributed by atoms with Crippen molar-refractivity contribution in [1.82, 2.24) is 10.6 Å². The van der Waals surface area contributed by atoms with Crippen LogP contribution in [0.15, 0.2) is 48.5 Å². The number of alkyl carbamates (subject to hydrolysis) is 1. The Morgan fingerprint density at radius 2 is 1.31 bits per heavy atom. The Hall–Kier alpha value is -2.33. The minimum absolute atomic E-state index is 0.110. The van der Waals surface area contributed by atoms with Gasteiger partial charge in [-0.2, -0.15) is 0 Å². The standard InChI is InChI=1S/C31H46N2O2/c1-9-10-19-32-28(34)35-26-20-27(33-21-26)31(8,24-15-11-22(12-16-24)29(2,3)4)25-17-13-23(14-18-25)30(5,6)7/h11-18,26-27,33H,9-10,19-21H2,1-8H3,(H,32,34)/t26-,27?/m1/s1. The van der Waals surface area contributed by atoms with E-state index in [1.807, 2.05) is 0 Å². The van der Waals surface area contributed by atoms with E-state index in [0.29, 0.717) is 13.1 Å². The zero-order valence-corrected chi connectivity index (χ0v) is 23.1. The van der Waals surface area contributed by atoms with Crippen molar-refractivity contribution in [3.05, 3.63) is 70.8 Å². The number of benzene rings is 2. The fraction of sp³-hybridized carbons (Fsp3) is 0.581. The summed E-state index contributed by atoms with van der Waals surface area (Å²) in [7, 11) is 0. The van der Waals surface area contributed by atoms with Gasteiger partial charge >= 0.3 is 6.09 Å². The van der Waals surface area contributed by atoms with Crippen molar-refractivity contribution in [3.8, 4) is 0 Å². The minimum atomic E-state index is -0.309. The summed E-state index contributed by atoms with van der Waals surface area (Å²) in [5.74, 6) is 0. The molecule has 1 aliphatic heterocycles. The molecule has 2 aromatic carbocycles. The van der Waals surface area contributed by atoms with Crippen molar-refractivity contribution >= 4 is 6.09 Å². The van der Waals surface area contributed by atoms with E-state index < -0.39 is 0 Å². The number of carbonyl (C=O) groups is 1. The second kappa shape index (κ2) is 10.7. The first kappa shape index (κ1) is 27.3. The Kier molecular flexibility index (Phi) is 8.36. The molecule has 35 heavy (non-hydrogen) atoms. The lowest BCUT2D eigenvalue weighted by Gasteiger charge is -2.38. The zero-order valence-electron chi connectivity index (χ0n) is 23.1. The van der Waals surface area contributed by atoms with Crippen molar-refractivity contribution in [2.75, 3.05) is 13.1 Å². The average Bonchev–Trinajstić information content (AvgIpc) is 3.26. The molecule has 0 saturated carbocycles. The van der Waals surface area contributed by atoms with E-state index in [1.165, 1.54) is 22.3 Å². The van der Waals surface area contributed by atoms with Gasteiger partial charge in [0.15, 0.2) is 0 Å². The number of nitrogens with one attached hydrogen (secondary N) is 2. The molecular formula is C31H46N2O2. The van der Waals surface area contributed by atoms with Crippen LogP contribution in [0.25, 0.3) is 0 Å². The molecule has 2 atom stereocenters. The molecule has 0 bridgehead atoms. The molecule has 4 heteroatoms. The van der Waals surface area contributed by atoms with Crippen molar-refractivity contribution in [2.45, 2.75) is 103 Å². The van der Waals surface area contributed by atoms with Crippen LogP contribution in [0.2, 0.25) is 0 Å². The summed E-state index contributed by atoms with van der Waals surface area (Å²) < 4.78 is 5.77. The quantitative estimate of drug-likeness (QED) is 0.428. The third-order valence-corrected chi connectivity index (χ3v) is 7.56. The van der Waals surface area contributed by atoms with Crippen LogP contribution in [-0.4, -0.2) is 31.3 Å². The molecule has 0 aromatic heterocycles. The predicted octanol–water partition coefficient (Wildman–Crippen LogP) is 6.84. The molecule has 1 amide bonds. The van der Waals surface area contributed by atoms with Gasteiger partial charge in [0.2, 0.25) is 0 Å². The fourth-order valence-corrected chi connectivity index (χ4v) is 5.00. The van der Waals surface area contributed by atoms with Gasteiger partial charge in [-0.15, -0.1) is 0 Å². The highest BCUT2D eigenvalue weighted by molar-refractivity contribution is 5.67. The normalized spacial score (nSPS) is 19.0. The van der Waals surface area contributed by atoms with Crippen LogP contribution in [0.3, 0.4) is 0 Å². The predicted molar refractivity (Wildman–Crippen MR) is 146 cm³/mol. The largest absolute Gasteiger partial charge is 0.445 e. The highest BCUT2D eigenvalue weighted by atomic mass is 16.6. The number of hydrogen-bond donors (Lipinski definition) is 2. The topological polar surface area (TPSA) is 50.4 Å². The van der Waals surface area contributed by atoms with Gasteiger partial charge in [-0.1, -0.05) is 103 Å². The molecule has 1 heterocycles. The molecule has 2 aromatic rings. The molecule has 192 valence electrons. The number of unbranched alkanes of at least 4 members (excludes halogenated alkanes) is 1. The maximum atomic E-state index is 12.3. The second-order valence-corrected chi connectivity index (χ2v) is 12.4. The summed E-state index contributed by atoms with van der Waals surface area (Å²) in [5, 5.41) is 6.58. The van der Waals surface area contributed by atoms with Gasteiger partial charge in [0.25, 0.3) is 0 Å². The van der Waals surface area contributed by atoms with Crippen LogP contribution >= 0.6 is 0 Å². The van der Waals surface area contributed by atoms with Crippen molar-refractivity contribution < 1.29 is 9.53 Å². The first-order valence-corrected chi connectivity index (χ1v) is 13.3. The van der Waals surface area contributed by atoms with Gasteiger partial charge in [0.05, 0.1) is 0 Å². The molecule has 4 nitrogen and oxygen atoms in total. The van der Waals surface area contributed by atoms with E-state index in [1.54, 1.807) is 0 Å². The number of hydrogen-bond acceptors (Lipinski definition) is 3. The van der Waals surface area contributed by atoms with Crippen molar-refractivity contribution in [1.29, 1.82) is 0 Å². The van der Waals surface area contributed by atoms with Crippen LogP contribution in [0.5, 0.6) is 0 Å². The van der Waals surface area contributed by atoms with Crippen LogP contribution < -0.4 is 10.6 Å². The van der Waals surface area contributed by atoms with Gasteiger partial charge in [-0.05, 0) is 46.4 Å². The van der Waals surface area contributed by atoms with Gasteiger partial charge in [0.1, 0.15) is 6.10 Å². The molecule has 3 rings (SSSR count). The van der Waals surface area contributed by atoms with Crippen LogP contribution in [0.4, 0.5) is 4.79 Å². The SMILES string of the molecule is CCCCNC(=O)O[C@H]1CNC(C(C)(c2ccc(C(C)(C)C)cc2)c2ccc(C(C)(C)C)cc2)C1. The van der Waals surface area contributed by atoms with Gasteiger partial charge in [0, 0.05) is 31.0 Å². The van der Waals surface area contributed by atoms with Crippen LogP contribution in [0, 0.1) is 0 Å². The van der Waals surface area contributed by atoms with E-state index in [2.05, 4.69) is 115 Å². The molecule has 0 spiro atoms. The van der Waals surface area contributed by atoms with Crippen LogP contribution in [-0.2, 0) is 21.0 Å². The molecule has 0 radical (unpaired) electrons. The van der Waals surface area contributed by atoms with Gasteiger partial charge in [-0.25, -0.2) is 4.79 Å². The Bertz CT molecular complexity index is 908. The van der Waals surface area contributed by atoms with E-state index in [9.17, 15) is 4.79 Å². The maximum Gasteiger partial charge on any atom is 0.407 e. The van der Waals surface area contributed by atoms with E-state index >= 15 is 0 Å². The Balaban J connectivity index is 1.90. The molecule has 2 N–H and O–H groups in total. The second-order valence-electron chi connectivity index (χ2n) is 12.4. The lowest BCUT2D eigenvalue weighted by Crippen LogP contribution is -2.44. The summed E-state index contributed by atoms with van der Waals surface area (Å²) in [6, 6.07) is 18.3. The van der Waals surface area contributed by atoms with Crippen molar-refractivity contribution in [3.63, 3.8) is 0 Å². The Morgan fingerprint density at radius 1 is 0.857 bits per heavy atom. The Labute approximate surface area is 213 Å². The Morgan fingerprint density at radius 3 is 1.74 bits per heavy atom. The van der Waals surface area contributed by atoms with E-state index in [-0.39, 0.29) is 34.5 Å². The summed E-state index contributed by atoms with van der Waals surface area (Å²) in [6.45, 7) is 19.3. The van der Waals surface area contributed by atoms with E-state index in [4.69, 9.17) is 4.74 Å². The lowest BCUT2D eigenvalue weighted by atomic mass is 9.69. The lowest BCUT2D eigenvalue weighted by molar-refractivity contribution is 0.105. The van der Waals surface area contributed by atoms with Crippen molar-refractivity contribution in [2.24, 2.45) is 0 Å². The monoisotopic (exact) mass is 478 g/mol. The first-order chi connectivity index (χ1) is 16.4. The fourth-order valence-electron chi connectivity index (χ4n) is 5.00. The van der Waals surface area contributed by atoms with Gasteiger partial charge < -0.3 is 15.4 Å².